The van der Waals surface area contributed by atoms with E-state index in [0.717, 1.165) is 49.7 Å². The largest absolute Gasteiger partial charge is 0.375 e. The summed E-state index contributed by atoms with van der Waals surface area (Å²) in [5, 5.41) is 0. The highest BCUT2D eigenvalue weighted by Crippen LogP contribution is 2.51. The highest BCUT2D eigenvalue weighted by Gasteiger charge is 2.52. The molecule has 3 fully saturated rings. The molecule has 2 saturated heterocycles. The second-order valence-corrected chi connectivity index (χ2v) is 8.12. The number of rotatable bonds is 4. The maximum atomic E-state index is 12.4. The molecule has 0 amide bonds. The van der Waals surface area contributed by atoms with Crippen LogP contribution >= 0.6 is 0 Å². The van der Waals surface area contributed by atoms with Gasteiger partial charge < -0.3 is 14.5 Å². The lowest BCUT2D eigenvalue weighted by molar-refractivity contribution is 0.0529. The summed E-state index contributed by atoms with van der Waals surface area (Å²) in [6, 6.07) is 12.7. The lowest BCUT2D eigenvalue weighted by Crippen LogP contribution is -2.43. The second kappa shape index (κ2) is 6.68. The molecule has 4 atom stereocenters. The molecule has 6 nitrogen and oxygen atoms in total. The van der Waals surface area contributed by atoms with Gasteiger partial charge in [-0.3, -0.25) is 9.78 Å². The fourth-order valence-corrected chi connectivity index (χ4v) is 4.69. The minimum absolute atomic E-state index is 0.0758. The van der Waals surface area contributed by atoms with Crippen molar-refractivity contribution in [3.05, 3.63) is 52.3 Å². The lowest BCUT2D eigenvalue weighted by atomic mass is 10.0. The molecule has 1 saturated carbocycles. The van der Waals surface area contributed by atoms with Crippen LogP contribution in [-0.2, 0) is 11.2 Å². The van der Waals surface area contributed by atoms with E-state index < -0.39 is 0 Å². The van der Waals surface area contributed by atoms with Crippen molar-refractivity contribution in [3.63, 3.8) is 0 Å². The number of hydrogen-bond donors (Lipinski definition) is 1. The van der Waals surface area contributed by atoms with E-state index in [4.69, 9.17) is 9.72 Å². The predicted octanol–water partition coefficient (Wildman–Crippen LogP) is 2.06. The van der Waals surface area contributed by atoms with Crippen LogP contribution < -0.4 is 15.4 Å². The number of hydrogen-bond acceptors (Lipinski definition) is 5. The van der Waals surface area contributed by atoms with Gasteiger partial charge in [-0.15, -0.1) is 0 Å². The number of H-pyrrole nitrogens is 1. The predicted molar refractivity (Wildman–Crippen MR) is 105 cm³/mol. The van der Waals surface area contributed by atoms with Crippen LogP contribution in [0.5, 0.6) is 0 Å². The molecular weight excluding hydrogens is 340 g/mol. The number of benzene rings is 1. The molecule has 3 heterocycles. The van der Waals surface area contributed by atoms with Crippen molar-refractivity contribution < 1.29 is 4.74 Å². The molecule has 0 spiro atoms. The molecule has 1 aromatic heterocycles. The van der Waals surface area contributed by atoms with E-state index in [1.807, 2.05) is 0 Å². The molecule has 0 bridgehead atoms. The van der Waals surface area contributed by atoms with Crippen molar-refractivity contribution >= 4 is 11.8 Å². The standard InChI is InChI=1S/C21H26N4O2/c1-14-12-24(7-8-27-14)19-11-20(26)23-21(22-19)25-13-16-10-17(16)18(25)9-15-5-3-2-4-6-15/h2-6,11,14,16-18H,7-10,12-13H2,1H3,(H,22,23,26)/t14-,16-,17-,18-/m1/s1. The van der Waals surface area contributed by atoms with Gasteiger partial charge in [0.25, 0.3) is 5.56 Å². The normalized spacial score (nSPS) is 29.7. The van der Waals surface area contributed by atoms with E-state index >= 15 is 0 Å². The highest BCUT2D eigenvalue weighted by atomic mass is 16.5. The molecule has 1 aromatic carbocycles. The zero-order valence-electron chi connectivity index (χ0n) is 15.7. The summed E-state index contributed by atoms with van der Waals surface area (Å²) in [4.78, 5) is 24.7. The van der Waals surface area contributed by atoms with Crippen molar-refractivity contribution in [1.82, 2.24) is 9.97 Å². The molecule has 0 unspecified atom stereocenters. The van der Waals surface area contributed by atoms with Crippen molar-refractivity contribution in [3.8, 4) is 0 Å². The molecule has 3 aliphatic rings. The molecule has 0 radical (unpaired) electrons. The zero-order valence-corrected chi connectivity index (χ0v) is 15.7. The van der Waals surface area contributed by atoms with Gasteiger partial charge in [0.05, 0.1) is 12.7 Å². The van der Waals surface area contributed by atoms with Gasteiger partial charge in [-0.2, -0.15) is 4.98 Å². The molecule has 1 N–H and O–H groups in total. The Morgan fingerprint density at radius 1 is 1.26 bits per heavy atom. The third kappa shape index (κ3) is 3.34. The highest BCUT2D eigenvalue weighted by molar-refractivity contribution is 5.47. The number of ether oxygens (including phenoxy) is 1. The number of aromatic nitrogens is 2. The minimum Gasteiger partial charge on any atom is -0.375 e. The fraction of sp³-hybridized carbons (Fsp3) is 0.524. The minimum atomic E-state index is -0.0758. The summed E-state index contributed by atoms with van der Waals surface area (Å²) in [6.07, 6.45) is 2.47. The first-order valence-corrected chi connectivity index (χ1v) is 9.96. The van der Waals surface area contributed by atoms with Gasteiger partial charge in [0.15, 0.2) is 0 Å². The molecule has 6 heteroatoms. The summed E-state index contributed by atoms with van der Waals surface area (Å²) in [7, 11) is 0. The maximum Gasteiger partial charge on any atom is 0.254 e. The van der Waals surface area contributed by atoms with Crippen molar-refractivity contribution in [2.24, 2.45) is 11.8 Å². The molecule has 142 valence electrons. The quantitative estimate of drug-likeness (QED) is 0.898. The van der Waals surface area contributed by atoms with Crippen LogP contribution in [0.1, 0.15) is 18.9 Å². The van der Waals surface area contributed by atoms with Gasteiger partial charge in [0, 0.05) is 31.7 Å². The van der Waals surface area contributed by atoms with Crippen molar-refractivity contribution in [2.75, 3.05) is 36.0 Å². The van der Waals surface area contributed by atoms with Crippen molar-refractivity contribution in [1.29, 1.82) is 0 Å². The Bertz CT molecular complexity index is 868. The molecule has 5 rings (SSSR count). The van der Waals surface area contributed by atoms with Crippen LogP contribution in [0, 0.1) is 11.8 Å². The summed E-state index contributed by atoms with van der Waals surface area (Å²) in [5.41, 5.74) is 1.27. The van der Waals surface area contributed by atoms with Gasteiger partial charge in [0.1, 0.15) is 5.82 Å². The van der Waals surface area contributed by atoms with Gasteiger partial charge in [-0.05, 0) is 37.2 Å². The van der Waals surface area contributed by atoms with Gasteiger partial charge in [-0.25, -0.2) is 0 Å². The van der Waals surface area contributed by atoms with Gasteiger partial charge >= 0.3 is 0 Å². The Labute approximate surface area is 159 Å². The second-order valence-electron chi connectivity index (χ2n) is 8.12. The Balaban J connectivity index is 1.42. The average molecular weight is 366 g/mol. The first-order chi connectivity index (χ1) is 13.2. The van der Waals surface area contributed by atoms with Crippen LogP contribution in [-0.4, -0.2) is 48.4 Å². The monoisotopic (exact) mass is 366 g/mol. The van der Waals surface area contributed by atoms with Crippen molar-refractivity contribution in [2.45, 2.75) is 31.9 Å². The van der Waals surface area contributed by atoms with Crippen LogP contribution in [0.3, 0.4) is 0 Å². The number of piperidine rings is 1. The van der Waals surface area contributed by atoms with Gasteiger partial charge in [-0.1, -0.05) is 30.3 Å². The maximum absolute atomic E-state index is 12.4. The van der Waals surface area contributed by atoms with E-state index in [1.165, 1.54) is 12.0 Å². The van der Waals surface area contributed by atoms with Crippen LogP contribution in [0.2, 0.25) is 0 Å². The fourth-order valence-electron chi connectivity index (χ4n) is 4.69. The Hall–Kier alpha value is -2.34. The first-order valence-electron chi connectivity index (χ1n) is 9.96. The third-order valence-corrected chi connectivity index (χ3v) is 6.14. The SMILES string of the molecule is C[C@@H]1CN(c2cc(=O)[nH]c(N3C[C@H]4C[C@H]4[C@H]3Cc3ccccc3)n2)CCO1. The third-order valence-electron chi connectivity index (χ3n) is 6.14. The summed E-state index contributed by atoms with van der Waals surface area (Å²) >= 11 is 0. The number of nitrogens with zero attached hydrogens (tertiary/aromatic N) is 3. The van der Waals surface area contributed by atoms with E-state index in [0.29, 0.717) is 12.6 Å². The van der Waals surface area contributed by atoms with Gasteiger partial charge in [0.2, 0.25) is 5.95 Å². The Morgan fingerprint density at radius 3 is 2.93 bits per heavy atom. The topological polar surface area (TPSA) is 61.5 Å². The summed E-state index contributed by atoms with van der Waals surface area (Å²) in [5.74, 6) is 2.96. The van der Waals surface area contributed by atoms with Crippen LogP contribution in [0.4, 0.5) is 11.8 Å². The van der Waals surface area contributed by atoms with E-state index in [9.17, 15) is 4.79 Å². The average Bonchev–Trinajstić information content (AvgIpc) is 3.36. The number of anilines is 2. The molecule has 1 aliphatic carbocycles. The number of fused-ring (bicyclic) bond motifs is 1. The number of nitrogens with one attached hydrogen (secondary N) is 1. The first kappa shape index (κ1) is 16.8. The van der Waals surface area contributed by atoms with E-state index in [-0.39, 0.29) is 11.7 Å². The zero-order chi connectivity index (χ0) is 18.4. The number of morpholine rings is 1. The smallest absolute Gasteiger partial charge is 0.254 e. The molecule has 27 heavy (non-hydrogen) atoms. The Morgan fingerprint density at radius 2 is 2.11 bits per heavy atom. The molecule has 2 aliphatic heterocycles. The van der Waals surface area contributed by atoms with Crippen LogP contribution in [0.25, 0.3) is 0 Å². The molecule has 2 aromatic rings. The Kier molecular flexibility index (Phi) is 4.16. The summed E-state index contributed by atoms with van der Waals surface area (Å²) in [6.45, 7) is 5.28. The van der Waals surface area contributed by atoms with E-state index in [1.54, 1.807) is 6.07 Å². The summed E-state index contributed by atoms with van der Waals surface area (Å²) < 4.78 is 5.63. The van der Waals surface area contributed by atoms with E-state index in [2.05, 4.69) is 52.0 Å². The lowest BCUT2D eigenvalue weighted by Gasteiger charge is -2.33. The number of aromatic amines is 1. The molecular formula is C21H26N4O2. The van der Waals surface area contributed by atoms with Crippen LogP contribution in [0.15, 0.2) is 41.2 Å².